The third-order valence-electron chi connectivity index (χ3n) is 4.14. The first-order chi connectivity index (χ1) is 10.6. The molecule has 2 aromatic rings. The predicted octanol–water partition coefficient (Wildman–Crippen LogP) is 2.81. The van der Waals surface area contributed by atoms with Crippen molar-refractivity contribution < 1.29 is 9.32 Å². The van der Waals surface area contributed by atoms with Crippen LogP contribution in [-0.4, -0.2) is 27.0 Å². The van der Waals surface area contributed by atoms with Crippen LogP contribution in [-0.2, 0) is 17.8 Å². The van der Waals surface area contributed by atoms with Gasteiger partial charge in [-0.1, -0.05) is 11.2 Å². The first-order valence-corrected chi connectivity index (χ1v) is 7.76. The van der Waals surface area contributed by atoms with Gasteiger partial charge in [-0.25, -0.2) is 0 Å². The Morgan fingerprint density at radius 1 is 1.36 bits per heavy atom. The number of hydrogen-bond donors (Lipinski definition) is 0. The van der Waals surface area contributed by atoms with Crippen LogP contribution in [0, 0.1) is 13.8 Å². The molecule has 1 aliphatic rings. The third-order valence-corrected chi connectivity index (χ3v) is 4.14. The van der Waals surface area contributed by atoms with Crippen LogP contribution in [0.25, 0.3) is 0 Å². The maximum absolute atomic E-state index is 12.6. The number of aryl methyl sites for hydroxylation is 2. The van der Waals surface area contributed by atoms with E-state index in [1.54, 1.807) is 6.20 Å². The Bertz CT molecular complexity index is 628. The number of hydrogen-bond acceptors (Lipinski definition) is 4. The van der Waals surface area contributed by atoms with Gasteiger partial charge in [0.25, 0.3) is 0 Å². The van der Waals surface area contributed by atoms with Crippen molar-refractivity contribution in [2.45, 2.75) is 52.1 Å². The average Bonchev–Trinajstić information content (AvgIpc) is 3.31. The highest BCUT2D eigenvalue weighted by Gasteiger charge is 2.32. The molecule has 0 atom stereocenters. The van der Waals surface area contributed by atoms with Crippen molar-refractivity contribution in [2.24, 2.45) is 0 Å². The van der Waals surface area contributed by atoms with Crippen molar-refractivity contribution in [3.8, 4) is 0 Å². The van der Waals surface area contributed by atoms with Crippen LogP contribution in [0.1, 0.15) is 42.0 Å². The van der Waals surface area contributed by atoms with Crippen LogP contribution in [0.5, 0.6) is 0 Å². The van der Waals surface area contributed by atoms with Gasteiger partial charge < -0.3 is 9.42 Å². The lowest BCUT2D eigenvalue weighted by molar-refractivity contribution is -0.132. The number of carbonyl (C=O) groups is 1. The summed E-state index contributed by atoms with van der Waals surface area (Å²) in [5.41, 5.74) is 2.88. The monoisotopic (exact) mass is 299 g/mol. The third kappa shape index (κ3) is 3.35. The summed E-state index contributed by atoms with van der Waals surface area (Å²) in [5, 5.41) is 3.94. The van der Waals surface area contributed by atoms with E-state index in [1.807, 2.05) is 36.9 Å². The average molecular weight is 299 g/mol. The van der Waals surface area contributed by atoms with Crippen molar-refractivity contribution in [3.05, 3.63) is 47.1 Å². The van der Waals surface area contributed by atoms with Crippen LogP contribution in [0.15, 0.2) is 28.9 Å². The zero-order valence-corrected chi connectivity index (χ0v) is 13.1. The van der Waals surface area contributed by atoms with Gasteiger partial charge in [-0.2, -0.15) is 0 Å². The van der Waals surface area contributed by atoms with Gasteiger partial charge in [0, 0.05) is 24.2 Å². The predicted molar refractivity (Wildman–Crippen MR) is 82.1 cm³/mol. The Morgan fingerprint density at radius 2 is 2.18 bits per heavy atom. The highest BCUT2D eigenvalue weighted by Crippen LogP contribution is 2.29. The Morgan fingerprint density at radius 3 is 2.77 bits per heavy atom. The van der Waals surface area contributed by atoms with E-state index in [4.69, 9.17) is 4.52 Å². The van der Waals surface area contributed by atoms with Crippen molar-refractivity contribution >= 4 is 5.91 Å². The Kier molecular flexibility index (Phi) is 4.22. The van der Waals surface area contributed by atoms with E-state index in [2.05, 4.69) is 10.1 Å². The maximum atomic E-state index is 12.6. The fourth-order valence-corrected chi connectivity index (χ4v) is 2.71. The summed E-state index contributed by atoms with van der Waals surface area (Å²) in [6, 6.07) is 6.21. The molecule has 0 bridgehead atoms. The lowest BCUT2D eigenvalue weighted by Crippen LogP contribution is -2.33. The summed E-state index contributed by atoms with van der Waals surface area (Å²) in [5.74, 6) is 1.00. The van der Waals surface area contributed by atoms with Gasteiger partial charge in [0.05, 0.1) is 17.9 Å². The summed E-state index contributed by atoms with van der Waals surface area (Å²) in [7, 11) is 0. The molecule has 116 valence electrons. The minimum atomic E-state index is 0.188. The zero-order valence-electron chi connectivity index (χ0n) is 13.1. The summed E-state index contributed by atoms with van der Waals surface area (Å²) in [6.07, 6.45) is 5.15. The molecule has 0 saturated heterocycles. The molecular formula is C17H21N3O2. The highest BCUT2D eigenvalue weighted by molar-refractivity contribution is 5.77. The van der Waals surface area contributed by atoms with Gasteiger partial charge in [0.15, 0.2) is 0 Å². The molecule has 1 aliphatic carbocycles. The first-order valence-electron chi connectivity index (χ1n) is 7.76. The smallest absolute Gasteiger partial charge is 0.223 e. The standard InChI is InChI=1S/C17H21N3O2/c1-12-16(13(2)22-19-12)8-9-17(21)20(15-6-7-15)11-14-5-3-4-10-18-14/h3-5,10,15H,6-9,11H2,1-2H3. The topological polar surface area (TPSA) is 59.2 Å². The van der Waals surface area contributed by atoms with Crippen LogP contribution in [0.2, 0.25) is 0 Å². The largest absolute Gasteiger partial charge is 0.361 e. The molecule has 0 spiro atoms. The Labute approximate surface area is 130 Å². The normalized spacial score (nSPS) is 14.1. The number of amides is 1. The van der Waals surface area contributed by atoms with E-state index in [9.17, 15) is 4.79 Å². The molecule has 1 amide bonds. The highest BCUT2D eigenvalue weighted by atomic mass is 16.5. The van der Waals surface area contributed by atoms with Crippen molar-refractivity contribution in [1.82, 2.24) is 15.0 Å². The van der Waals surface area contributed by atoms with Gasteiger partial charge in [0.1, 0.15) is 5.76 Å². The molecule has 0 unspecified atom stereocenters. The Balaban J connectivity index is 1.63. The molecular weight excluding hydrogens is 278 g/mol. The van der Waals surface area contributed by atoms with Crippen molar-refractivity contribution in [2.75, 3.05) is 0 Å². The molecule has 3 rings (SSSR count). The molecule has 5 heteroatoms. The minimum absolute atomic E-state index is 0.188. The van der Waals surface area contributed by atoms with E-state index in [0.717, 1.165) is 35.6 Å². The number of rotatable bonds is 6. The first kappa shape index (κ1) is 14.8. The molecule has 0 aliphatic heterocycles. The van der Waals surface area contributed by atoms with Gasteiger partial charge in [0.2, 0.25) is 5.91 Å². The molecule has 1 fully saturated rings. The molecule has 0 radical (unpaired) electrons. The second-order valence-corrected chi connectivity index (χ2v) is 5.88. The molecule has 5 nitrogen and oxygen atoms in total. The van der Waals surface area contributed by atoms with Crippen LogP contribution < -0.4 is 0 Å². The Hall–Kier alpha value is -2.17. The van der Waals surface area contributed by atoms with Crippen LogP contribution >= 0.6 is 0 Å². The summed E-state index contributed by atoms with van der Waals surface area (Å²) >= 11 is 0. The van der Waals surface area contributed by atoms with Crippen LogP contribution in [0.3, 0.4) is 0 Å². The second-order valence-electron chi connectivity index (χ2n) is 5.88. The van der Waals surface area contributed by atoms with Crippen LogP contribution in [0.4, 0.5) is 0 Å². The maximum Gasteiger partial charge on any atom is 0.223 e. The summed E-state index contributed by atoms with van der Waals surface area (Å²) in [4.78, 5) is 18.9. The molecule has 2 heterocycles. The van der Waals surface area contributed by atoms with Gasteiger partial charge in [-0.15, -0.1) is 0 Å². The summed E-state index contributed by atoms with van der Waals surface area (Å²) in [6.45, 7) is 4.42. The quantitative estimate of drug-likeness (QED) is 0.823. The number of aromatic nitrogens is 2. The van der Waals surface area contributed by atoms with Crippen molar-refractivity contribution in [3.63, 3.8) is 0 Å². The molecule has 22 heavy (non-hydrogen) atoms. The van der Waals surface area contributed by atoms with E-state index < -0.39 is 0 Å². The van der Waals surface area contributed by atoms with E-state index >= 15 is 0 Å². The molecule has 0 N–H and O–H groups in total. The van der Waals surface area contributed by atoms with Crippen molar-refractivity contribution in [1.29, 1.82) is 0 Å². The molecule has 0 aromatic carbocycles. The number of pyridine rings is 1. The van der Waals surface area contributed by atoms with E-state index in [1.165, 1.54) is 0 Å². The zero-order chi connectivity index (χ0) is 15.5. The fraction of sp³-hybridized carbons (Fsp3) is 0.471. The SMILES string of the molecule is Cc1noc(C)c1CCC(=O)N(Cc1ccccn1)C1CC1. The summed E-state index contributed by atoms with van der Waals surface area (Å²) < 4.78 is 5.16. The number of nitrogens with zero attached hydrogens (tertiary/aromatic N) is 3. The minimum Gasteiger partial charge on any atom is -0.361 e. The second kappa shape index (κ2) is 6.30. The fourth-order valence-electron chi connectivity index (χ4n) is 2.71. The lowest BCUT2D eigenvalue weighted by Gasteiger charge is -2.22. The lowest BCUT2D eigenvalue weighted by atomic mass is 10.1. The van der Waals surface area contributed by atoms with E-state index in [-0.39, 0.29) is 5.91 Å². The molecule has 2 aromatic heterocycles. The number of carbonyl (C=O) groups excluding carboxylic acids is 1. The van der Waals surface area contributed by atoms with Gasteiger partial charge in [-0.05, 0) is 45.2 Å². The van der Waals surface area contributed by atoms with E-state index in [0.29, 0.717) is 25.4 Å². The van der Waals surface area contributed by atoms with Gasteiger partial charge >= 0.3 is 0 Å². The van der Waals surface area contributed by atoms with Gasteiger partial charge in [-0.3, -0.25) is 9.78 Å². The molecule has 1 saturated carbocycles.